The van der Waals surface area contributed by atoms with Crippen LogP contribution in [0.25, 0.3) is 16.6 Å². The lowest BCUT2D eigenvalue weighted by Crippen LogP contribution is -2.45. The molecule has 6 nitrogen and oxygen atoms in total. The van der Waals surface area contributed by atoms with Crippen molar-refractivity contribution in [2.24, 2.45) is 11.7 Å². The number of likely N-dealkylation sites (tertiary alicyclic amines) is 1. The van der Waals surface area contributed by atoms with Crippen LogP contribution in [0.2, 0.25) is 0 Å². The van der Waals surface area contributed by atoms with E-state index >= 15 is 0 Å². The Bertz CT molecular complexity index is 1260. The van der Waals surface area contributed by atoms with Crippen molar-refractivity contribution in [2.45, 2.75) is 83.8 Å². The van der Waals surface area contributed by atoms with Gasteiger partial charge in [-0.25, -0.2) is 4.39 Å². The van der Waals surface area contributed by atoms with Crippen LogP contribution in [-0.2, 0) is 0 Å². The third kappa shape index (κ3) is 5.36. The molecular weight excluding hydrogens is 477 g/mol. The van der Waals surface area contributed by atoms with E-state index in [0.717, 1.165) is 36.5 Å². The normalized spacial score (nSPS) is 20.8. The van der Waals surface area contributed by atoms with E-state index in [0.29, 0.717) is 23.2 Å². The van der Waals surface area contributed by atoms with Gasteiger partial charge in [0.05, 0.1) is 23.0 Å². The number of carbonyl (C=O) groups excluding carboxylic acids is 1. The van der Waals surface area contributed by atoms with E-state index in [2.05, 4.69) is 22.1 Å². The SMILES string of the molecule is CC(C)N(C(=O)c1cc(F)ccc1-n1cc(C2CN(CC[C@H]3CC[C@H](N)CC3)C2)c2ccncc21)C(C)C. The van der Waals surface area contributed by atoms with E-state index in [4.69, 9.17) is 5.73 Å². The molecule has 2 N–H and O–H groups in total. The number of nitrogens with zero attached hydrogens (tertiary/aromatic N) is 4. The van der Waals surface area contributed by atoms with Gasteiger partial charge in [-0.3, -0.25) is 9.78 Å². The molecule has 38 heavy (non-hydrogen) atoms. The van der Waals surface area contributed by atoms with Crippen LogP contribution in [0.1, 0.15) is 81.6 Å². The summed E-state index contributed by atoms with van der Waals surface area (Å²) in [4.78, 5) is 22.5. The van der Waals surface area contributed by atoms with Crippen LogP contribution in [0, 0.1) is 11.7 Å². The number of amides is 1. The highest BCUT2D eigenvalue weighted by Gasteiger charge is 2.32. The fraction of sp³-hybridized carbons (Fsp3) is 0.548. The average Bonchev–Trinajstić information content (AvgIpc) is 3.23. The second-order valence-electron chi connectivity index (χ2n) is 11.9. The van der Waals surface area contributed by atoms with Gasteiger partial charge in [0.2, 0.25) is 0 Å². The minimum Gasteiger partial charge on any atom is -0.334 e. The maximum absolute atomic E-state index is 14.5. The average molecular weight is 520 g/mol. The largest absolute Gasteiger partial charge is 0.334 e. The summed E-state index contributed by atoms with van der Waals surface area (Å²) in [6.45, 7) is 11.2. The molecule has 2 aromatic heterocycles. The van der Waals surface area contributed by atoms with Crippen molar-refractivity contribution in [3.63, 3.8) is 0 Å². The van der Waals surface area contributed by atoms with Crippen molar-refractivity contribution in [1.82, 2.24) is 19.4 Å². The fourth-order valence-corrected chi connectivity index (χ4v) is 6.51. The van der Waals surface area contributed by atoms with Gasteiger partial charge in [-0.05, 0) is 102 Å². The first kappa shape index (κ1) is 26.8. The van der Waals surface area contributed by atoms with Crippen molar-refractivity contribution in [3.05, 3.63) is 59.8 Å². The molecule has 0 spiro atoms. The smallest absolute Gasteiger partial charge is 0.256 e. The van der Waals surface area contributed by atoms with Gasteiger partial charge >= 0.3 is 0 Å². The van der Waals surface area contributed by atoms with Gasteiger partial charge in [-0.15, -0.1) is 0 Å². The molecule has 7 heteroatoms. The molecule has 3 heterocycles. The zero-order valence-corrected chi connectivity index (χ0v) is 23.2. The zero-order chi connectivity index (χ0) is 27.0. The Kier molecular flexibility index (Phi) is 7.87. The third-order valence-electron chi connectivity index (χ3n) is 8.58. The molecule has 0 unspecified atom stereocenters. The highest BCUT2D eigenvalue weighted by molar-refractivity contribution is 5.99. The minimum atomic E-state index is -0.408. The van der Waals surface area contributed by atoms with E-state index in [9.17, 15) is 9.18 Å². The second-order valence-corrected chi connectivity index (χ2v) is 11.9. The molecule has 3 aromatic rings. The predicted molar refractivity (Wildman–Crippen MR) is 151 cm³/mol. The van der Waals surface area contributed by atoms with Gasteiger partial charge in [0, 0.05) is 54.9 Å². The Morgan fingerprint density at radius 3 is 2.50 bits per heavy atom. The van der Waals surface area contributed by atoms with Crippen molar-refractivity contribution < 1.29 is 9.18 Å². The van der Waals surface area contributed by atoms with Crippen LogP contribution in [-0.4, -0.2) is 63.0 Å². The standard InChI is InChI=1S/C31H42FN5O/c1-20(2)37(21(3)4)31(38)27-15-24(32)7-10-29(27)36-19-28(26-11-13-34-16-30(26)36)23-17-35(18-23)14-12-22-5-8-25(33)9-6-22/h7,10-11,13,15-16,19-23,25H,5-6,8-9,12,14,17-18,33H2,1-4H3/t22-,25-. The molecule has 1 aliphatic heterocycles. The molecule has 1 saturated carbocycles. The summed E-state index contributed by atoms with van der Waals surface area (Å²) in [5.41, 5.74) is 9.37. The zero-order valence-electron chi connectivity index (χ0n) is 23.2. The Morgan fingerprint density at radius 1 is 1.11 bits per heavy atom. The Morgan fingerprint density at radius 2 is 1.82 bits per heavy atom. The maximum Gasteiger partial charge on any atom is 0.256 e. The van der Waals surface area contributed by atoms with Gasteiger partial charge in [-0.1, -0.05) is 0 Å². The van der Waals surface area contributed by atoms with Crippen LogP contribution in [0.15, 0.2) is 42.9 Å². The second kappa shape index (κ2) is 11.1. The summed E-state index contributed by atoms with van der Waals surface area (Å²) >= 11 is 0. The summed E-state index contributed by atoms with van der Waals surface area (Å²) in [6, 6.07) is 7.01. The highest BCUT2D eigenvalue weighted by atomic mass is 19.1. The van der Waals surface area contributed by atoms with Gasteiger partial charge in [-0.2, -0.15) is 0 Å². The van der Waals surface area contributed by atoms with E-state index < -0.39 is 5.82 Å². The first-order valence-corrected chi connectivity index (χ1v) is 14.3. The Hall–Kier alpha value is -2.77. The fourth-order valence-electron chi connectivity index (χ4n) is 6.51. The van der Waals surface area contributed by atoms with Crippen LogP contribution in [0.5, 0.6) is 0 Å². The molecule has 204 valence electrons. The lowest BCUT2D eigenvalue weighted by atomic mass is 9.83. The number of pyridine rings is 1. The number of aromatic nitrogens is 2. The van der Waals surface area contributed by atoms with Gasteiger partial charge < -0.3 is 20.1 Å². The molecule has 0 radical (unpaired) electrons. The van der Waals surface area contributed by atoms with Crippen LogP contribution >= 0.6 is 0 Å². The molecule has 2 aliphatic rings. The summed E-state index contributed by atoms with van der Waals surface area (Å²) in [5.74, 6) is 0.681. The summed E-state index contributed by atoms with van der Waals surface area (Å²) in [6.07, 6.45) is 12.0. The Balaban J connectivity index is 1.39. The first-order valence-electron chi connectivity index (χ1n) is 14.3. The van der Waals surface area contributed by atoms with Crippen molar-refractivity contribution in [1.29, 1.82) is 0 Å². The lowest BCUT2D eigenvalue weighted by molar-refractivity contribution is 0.0643. The molecule has 0 bridgehead atoms. The van der Waals surface area contributed by atoms with Crippen LogP contribution in [0.4, 0.5) is 4.39 Å². The quantitative estimate of drug-likeness (QED) is 0.413. The number of fused-ring (bicyclic) bond motifs is 1. The molecule has 1 amide bonds. The number of carbonyl (C=O) groups is 1. The molecule has 1 aliphatic carbocycles. The maximum atomic E-state index is 14.5. The van der Waals surface area contributed by atoms with E-state index in [1.165, 1.54) is 49.8 Å². The van der Waals surface area contributed by atoms with E-state index in [1.807, 2.05) is 49.6 Å². The van der Waals surface area contributed by atoms with Crippen molar-refractivity contribution in [3.8, 4) is 5.69 Å². The number of rotatable bonds is 8. The number of halogens is 1. The minimum absolute atomic E-state index is 0.00329. The van der Waals surface area contributed by atoms with E-state index in [-0.39, 0.29) is 18.0 Å². The van der Waals surface area contributed by atoms with Crippen LogP contribution < -0.4 is 5.73 Å². The lowest BCUT2D eigenvalue weighted by Gasteiger charge is -2.40. The van der Waals surface area contributed by atoms with Crippen molar-refractivity contribution in [2.75, 3.05) is 19.6 Å². The molecule has 2 fully saturated rings. The summed E-state index contributed by atoms with van der Waals surface area (Å²) in [5, 5.41) is 1.15. The predicted octanol–water partition coefficient (Wildman–Crippen LogP) is 5.73. The summed E-state index contributed by atoms with van der Waals surface area (Å²) < 4.78 is 16.5. The molecule has 1 saturated heterocycles. The number of benzene rings is 1. The van der Waals surface area contributed by atoms with Gasteiger partial charge in [0.25, 0.3) is 5.91 Å². The highest BCUT2D eigenvalue weighted by Crippen LogP contribution is 2.36. The van der Waals surface area contributed by atoms with Gasteiger partial charge in [0.1, 0.15) is 5.82 Å². The third-order valence-corrected chi connectivity index (χ3v) is 8.58. The molecule has 0 atom stereocenters. The Labute approximate surface area is 226 Å². The van der Waals surface area contributed by atoms with Crippen molar-refractivity contribution >= 4 is 16.8 Å². The number of hydrogen-bond acceptors (Lipinski definition) is 4. The number of hydrogen-bond donors (Lipinski definition) is 1. The van der Waals surface area contributed by atoms with Crippen LogP contribution in [0.3, 0.4) is 0 Å². The molecular formula is C31H42FN5O. The van der Waals surface area contributed by atoms with Gasteiger partial charge in [0.15, 0.2) is 0 Å². The monoisotopic (exact) mass is 519 g/mol. The summed E-state index contributed by atoms with van der Waals surface area (Å²) in [7, 11) is 0. The molecule has 1 aromatic carbocycles. The van der Waals surface area contributed by atoms with E-state index in [1.54, 1.807) is 6.07 Å². The molecule has 5 rings (SSSR count). The topological polar surface area (TPSA) is 67.4 Å². The first-order chi connectivity index (χ1) is 18.2. The number of nitrogens with two attached hydrogens (primary N) is 1.